The van der Waals surface area contributed by atoms with Crippen molar-refractivity contribution >= 4 is 0 Å². The van der Waals surface area contributed by atoms with Gasteiger partial charge in [0.05, 0.1) is 12.0 Å². The summed E-state index contributed by atoms with van der Waals surface area (Å²) < 4.78 is 18.5. The molecular formula is C30H24O12. The van der Waals surface area contributed by atoms with E-state index in [0.29, 0.717) is 16.7 Å². The van der Waals surface area contributed by atoms with Crippen LogP contribution in [0.5, 0.6) is 57.5 Å². The maximum absolute atomic E-state index is 11.0. The zero-order valence-corrected chi connectivity index (χ0v) is 21.5. The summed E-state index contributed by atoms with van der Waals surface area (Å²) in [6.07, 6.45) is -3.17. The fourth-order valence-electron chi connectivity index (χ4n) is 6.02. The van der Waals surface area contributed by atoms with Gasteiger partial charge in [-0.3, -0.25) is 0 Å². The van der Waals surface area contributed by atoms with E-state index in [9.17, 15) is 46.0 Å². The van der Waals surface area contributed by atoms with E-state index in [1.165, 1.54) is 36.4 Å². The Morgan fingerprint density at radius 1 is 0.714 bits per heavy atom. The number of aliphatic hydroxyl groups excluding tert-OH is 1. The highest BCUT2D eigenvalue weighted by atomic mass is 16.8. The predicted molar refractivity (Wildman–Crippen MR) is 141 cm³/mol. The van der Waals surface area contributed by atoms with Crippen molar-refractivity contribution in [1.29, 1.82) is 0 Å². The molecule has 0 spiro atoms. The van der Waals surface area contributed by atoms with Gasteiger partial charge in [-0.2, -0.15) is 0 Å². The van der Waals surface area contributed by atoms with Crippen LogP contribution in [0.4, 0.5) is 0 Å². The Kier molecular flexibility index (Phi) is 5.30. The number of hydrogen-bond acceptors (Lipinski definition) is 12. The first-order valence-corrected chi connectivity index (χ1v) is 12.9. The van der Waals surface area contributed by atoms with E-state index in [4.69, 9.17) is 14.2 Å². The molecule has 3 aliphatic heterocycles. The quantitative estimate of drug-likeness (QED) is 0.127. The highest BCUT2D eigenvalue weighted by Gasteiger charge is 2.69. The standard InChI is InChI=1S/C30H24O12/c31-14-3-11-6-22(38)28(12-4-20(36)26(39)21(37)5-12)40-27(11)16(8-14)24-25-19(35)9-15(32)10-23(25)41-30(29(24)42-30)13-1-2-17(33)18(34)7-13/h1-5,7-10,22,24,28-29,31-39H,6H2/t22-,24-,28+,29-,30-/m1/s1. The van der Waals surface area contributed by atoms with Crippen molar-refractivity contribution in [2.45, 2.75) is 36.4 Å². The summed E-state index contributed by atoms with van der Waals surface area (Å²) in [5, 5.41) is 92.9. The van der Waals surface area contributed by atoms with Crippen molar-refractivity contribution in [3.05, 3.63) is 82.4 Å². The number of phenolic OH excluding ortho intramolecular Hbond substituents is 8. The van der Waals surface area contributed by atoms with Crippen LogP contribution in [0.1, 0.15) is 39.8 Å². The third kappa shape index (κ3) is 3.69. The number of rotatable bonds is 3. The molecule has 0 radical (unpaired) electrons. The monoisotopic (exact) mass is 576 g/mol. The molecule has 9 N–H and O–H groups in total. The van der Waals surface area contributed by atoms with E-state index in [1.54, 1.807) is 0 Å². The van der Waals surface area contributed by atoms with Crippen molar-refractivity contribution in [3.8, 4) is 57.5 Å². The van der Waals surface area contributed by atoms with Gasteiger partial charge in [0.25, 0.3) is 5.79 Å². The minimum absolute atomic E-state index is 0.00998. The summed E-state index contributed by atoms with van der Waals surface area (Å²) in [6, 6.07) is 11.6. The molecule has 0 saturated carbocycles. The van der Waals surface area contributed by atoms with Gasteiger partial charge in [0.1, 0.15) is 34.9 Å². The topological polar surface area (TPSA) is 213 Å². The van der Waals surface area contributed by atoms with Crippen LogP contribution < -0.4 is 9.47 Å². The van der Waals surface area contributed by atoms with Crippen LogP contribution in [0.15, 0.2) is 54.6 Å². The maximum Gasteiger partial charge on any atom is 0.265 e. The van der Waals surface area contributed by atoms with Crippen LogP contribution in [-0.2, 0) is 16.9 Å². The van der Waals surface area contributed by atoms with Gasteiger partial charge in [0.15, 0.2) is 34.9 Å². The first-order chi connectivity index (χ1) is 20.0. The van der Waals surface area contributed by atoms with Crippen LogP contribution in [0.2, 0.25) is 0 Å². The Morgan fingerprint density at radius 2 is 1.43 bits per heavy atom. The lowest BCUT2D eigenvalue weighted by Gasteiger charge is -2.35. The average Bonchev–Trinajstić information content (AvgIpc) is 3.66. The Labute approximate surface area is 236 Å². The molecule has 0 amide bonds. The normalized spacial score (nSPS) is 25.4. The molecule has 4 aromatic rings. The van der Waals surface area contributed by atoms with Crippen molar-refractivity contribution < 1.29 is 60.2 Å². The molecule has 1 fully saturated rings. The second-order valence-corrected chi connectivity index (χ2v) is 10.6. The molecule has 0 unspecified atom stereocenters. The molecule has 0 aromatic heterocycles. The van der Waals surface area contributed by atoms with Crippen LogP contribution in [0, 0.1) is 0 Å². The van der Waals surface area contributed by atoms with Gasteiger partial charge in [-0.05, 0) is 42.5 Å². The largest absolute Gasteiger partial charge is 0.508 e. The lowest BCUT2D eigenvalue weighted by Crippen LogP contribution is -2.33. The Bertz CT molecular complexity index is 1760. The third-order valence-corrected chi connectivity index (χ3v) is 7.94. The molecule has 0 aliphatic carbocycles. The molecule has 42 heavy (non-hydrogen) atoms. The summed E-state index contributed by atoms with van der Waals surface area (Å²) in [7, 11) is 0. The number of fused-ring (bicyclic) bond motifs is 3. The minimum Gasteiger partial charge on any atom is -0.508 e. The molecule has 4 aromatic carbocycles. The third-order valence-electron chi connectivity index (χ3n) is 7.94. The van der Waals surface area contributed by atoms with Crippen molar-refractivity contribution in [1.82, 2.24) is 0 Å². The minimum atomic E-state index is -1.51. The second-order valence-electron chi connectivity index (χ2n) is 10.6. The van der Waals surface area contributed by atoms with Crippen molar-refractivity contribution in [3.63, 3.8) is 0 Å². The predicted octanol–water partition coefficient (Wildman–Crippen LogP) is 3.14. The summed E-state index contributed by atoms with van der Waals surface area (Å²) in [4.78, 5) is 0. The van der Waals surface area contributed by atoms with Gasteiger partial charge in [-0.25, -0.2) is 0 Å². The lowest BCUT2D eigenvalue weighted by molar-refractivity contribution is 0.0194. The SMILES string of the molecule is Oc1cc(O)c2c(c1)O[C@]1(c3ccc(O)c(O)c3)O[C@@H]1[C@@H]2c1cc(O)cc2c1O[C@@H](c1cc(O)c(O)c(O)c1)[C@H](O)C2. The highest BCUT2D eigenvalue weighted by Crippen LogP contribution is 2.64. The van der Waals surface area contributed by atoms with Crippen LogP contribution in [-0.4, -0.2) is 58.2 Å². The van der Waals surface area contributed by atoms with E-state index >= 15 is 0 Å². The van der Waals surface area contributed by atoms with Gasteiger partial charge in [-0.15, -0.1) is 0 Å². The van der Waals surface area contributed by atoms with Gasteiger partial charge < -0.3 is 60.2 Å². The van der Waals surface area contributed by atoms with Crippen molar-refractivity contribution in [2.24, 2.45) is 0 Å². The van der Waals surface area contributed by atoms with E-state index in [2.05, 4.69) is 0 Å². The number of aliphatic hydroxyl groups is 1. The summed E-state index contributed by atoms with van der Waals surface area (Å²) in [5.74, 6) is -5.65. The Balaban J connectivity index is 1.40. The van der Waals surface area contributed by atoms with Gasteiger partial charge in [0.2, 0.25) is 0 Å². The van der Waals surface area contributed by atoms with Crippen LogP contribution >= 0.6 is 0 Å². The lowest BCUT2D eigenvalue weighted by atomic mass is 9.79. The molecular weight excluding hydrogens is 552 g/mol. The first kappa shape index (κ1) is 25.7. The van der Waals surface area contributed by atoms with Gasteiger partial charge >= 0.3 is 0 Å². The fourth-order valence-corrected chi connectivity index (χ4v) is 6.02. The Hall–Kier alpha value is -5.20. The zero-order chi connectivity index (χ0) is 29.7. The number of epoxide rings is 1. The fraction of sp³-hybridized carbons (Fsp3) is 0.200. The van der Waals surface area contributed by atoms with E-state index < -0.39 is 53.0 Å². The van der Waals surface area contributed by atoms with Crippen LogP contribution in [0.25, 0.3) is 0 Å². The van der Waals surface area contributed by atoms with E-state index in [-0.39, 0.29) is 52.0 Å². The smallest absolute Gasteiger partial charge is 0.265 e. The molecule has 7 rings (SSSR count). The molecule has 5 atom stereocenters. The van der Waals surface area contributed by atoms with Crippen LogP contribution in [0.3, 0.4) is 0 Å². The van der Waals surface area contributed by atoms with Gasteiger partial charge in [-0.1, -0.05) is 0 Å². The van der Waals surface area contributed by atoms with E-state index in [0.717, 1.165) is 18.2 Å². The summed E-state index contributed by atoms with van der Waals surface area (Å²) >= 11 is 0. The second kappa shape index (κ2) is 8.65. The molecule has 0 bridgehead atoms. The van der Waals surface area contributed by atoms with Gasteiger partial charge in [0, 0.05) is 46.4 Å². The van der Waals surface area contributed by atoms with Crippen molar-refractivity contribution in [2.75, 3.05) is 0 Å². The molecule has 3 aliphatic rings. The average molecular weight is 577 g/mol. The number of ether oxygens (including phenoxy) is 3. The maximum atomic E-state index is 11.0. The summed E-state index contributed by atoms with van der Waals surface area (Å²) in [5.41, 5.74) is 1.46. The molecule has 3 heterocycles. The number of aromatic hydroxyl groups is 8. The number of benzene rings is 4. The first-order valence-electron chi connectivity index (χ1n) is 12.9. The number of phenols is 8. The zero-order valence-electron chi connectivity index (χ0n) is 21.5. The number of hydrogen-bond donors (Lipinski definition) is 9. The molecule has 12 nitrogen and oxygen atoms in total. The summed E-state index contributed by atoms with van der Waals surface area (Å²) in [6.45, 7) is 0. The molecule has 1 saturated heterocycles. The van der Waals surface area contributed by atoms with E-state index in [1.807, 2.05) is 0 Å². The Morgan fingerprint density at radius 3 is 2.14 bits per heavy atom. The highest BCUT2D eigenvalue weighted by molar-refractivity contribution is 5.63. The molecule has 216 valence electrons. The molecule has 12 heteroatoms.